The number of rotatable bonds is 8. The van der Waals surface area contributed by atoms with E-state index in [2.05, 4.69) is 0 Å². The zero-order chi connectivity index (χ0) is 18.2. The fraction of sp³-hybridized carbons (Fsp3) is 0.250. The van der Waals surface area contributed by atoms with Crippen LogP contribution in [-0.2, 0) is 20.7 Å². The largest absolute Gasteiger partial charge is 0.481 e. The molecule has 25 heavy (non-hydrogen) atoms. The lowest BCUT2D eigenvalue weighted by Crippen LogP contribution is -2.32. The molecule has 2 aromatic carbocycles. The molecular formula is C20H20O5. The molecule has 0 aromatic heterocycles. The number of ketones is 1. The van der Waals surface area contributed by atoms with Gasteiger partial charge in [-0.05, 0) is 17.7 Å². The number of carbonyl (C=O) groups is 3. The van der Waals surface area contributed by atoms with Gasteiger partial charge in [-0.25, -0.2) is 4.79 Å². The predicted molar refractivity (Wildman–Crippen MR) is 92.2 cm³/mol. The Balaban J connectivity index is 2.15. The third-order valence-corrected chi connectivity index (χ3v) is 3.81. The van der Waals surface area contributed by atoms with Crippen LogP contribution in [-0.4, -0.2) is 28.9 Å². The predicted octanol–water partition coefficient (Wildman–Crippen LogP) is 3.13. The third-order valence-electron chi connectivity index (χ3n) is 3.81. The van der Waals surface area contributed by atoms with Crippen LogP contribution in [0.4, 0.5) is 0 Å². The van der Waals surface area contributed by atoms with E-state index in [0.717, 1.165) is 5.56 Å². The van der Waals surface area contributed by atoms with Crippen LogP contribution in [0.15, 0.2) is 60.7 Å². The molecule has 0 fully saturated rings. The molecule has 0 heterocycles. The summed E-state index contributed by atoms with van der Waals surface area (Å²) in [7, 11) is 0. The van der Waals surface area contributed by atoms with Gasteiger partial charge in [0.05, 0.1) is 11.5 Å². The first-order valence-electron chi connectivity index (χ1n) is 8.03. The summed E-state index contributed by atoms with van der Waals surface area (Å²) in [6, 6.07) is 17.6. The van der Waals surface area contributed by atoms with Crippen molar-refractivity contribution in [2.45, 2.75) is 25.9 Å². The molecule has 0 aliphatic carbocycles. The summed E-state index contributed by atoms with van der Waals surface area (Å²) in [5.74, 6) is -2.89. The van der Waals surface area contributed by atoms with Crippen molar-refractivity contribution >= 4 is 17.7 Å². The van der Waals surface area contributed by atoms with Crippen LogP contribution in [0, 0.1) is 5.92 Å². The Kier molecular flexibility index (Phi) is 6.46. The van der Waals surface area contributed by atoms with Gasteiger partial charge in [-0.1, -0.05) is 55.5 Å². The number of esters is 1. The SMILES string of the molecule is CC(CC(=O)[C@H](Cc1ccccc1)OC(=O)c1ccccc1)C(=O)O. The van der Waals surface area contributed by atoms with Crippen LogP contribution in [0.5, 0.6) is 0 Å². The molecule has 1 N–H and O–H groups in total. The van der Waals surface area contributed by atoms with Gasteiger partial charge in [0, 0.05) is 12.8 Å². The minimum absolute atomic E-state index is 0.186. The Morgan fingerprint density at radius 3 is 2.08 bits per heavy atom. The van der Waals surface area contributed by atoms with Crippen molar-refractivity contribution in [2.75, 3.05) is 0 Å². The maximum Gasteiger partial charge on any atom is 0.338 e. The molecule has 0 radical (unpaired) electrons. The monoisotopic (exact) mass is 340 g/mol. The van der Waals surface area contributed by atoms with E-state index in [0.29, 0.717) is 5.56 Å². The van der Waals surface area contributed by atoms with E-state index in [1.54, 1.807) is 30.3 Å². The van der Waals surface area contributed by atoms with Crippen molar-refractivity contribution in [1.29, 1.82) is 0 Å². The third kappa shape index (κ3) is 5.57. The second-order valence-corrected chi connectivity index (χ2v) is 5.86. The van der Waals surface area contributed by atoms with Crippen molar-refractivity contribution in [3.63, 3.8) is 0 Å². The second kappa shape index (κ2) is 8.78. The van der Waals surface area contributed by atoms with Crippen LogP contribution in [0.25, 0.3) is 0 Å². The van der Waals surface area contributed by atoms with Crippen LogP contribution in [0.1, 0.15) is 29.3 Å². The number of hydrogen-bond donors (Lipinski definition) is 1. The highest BCUT2D eigenvalue weighted by molar-refractivity contribution is 5.93. The average molecular weight is 340 g/mol. The van der Waals surface area contributed by atoms with E-state index in [-0.39, 0.29) is 12.8 Å². The van der Waals surface area contributed by atoms with Crippen molar-refractivity contribution in [3.05, 3.63) is 71.8 Å². The number of ether oxygens (including phenoxy) is 1. The molecular weight excluding hydrogens is 320 g/mol. The lowest BCUT2D eigenvalue weighted by atomic mass is 9.97. The van der Waals surface area contributed by atoms with Crippen molar-refractivity contribution in [1.82, 2.24) is 0 Å². The highest BCUT2D eigenvalue weighted by Gasteiger charge is 2.27. The van der Waals surface area contributed by atoms with Crippen LogP contribution < -0.4 is 0 Å². The zero-order valence-electron chi connectivity index (χ0n) is 13.9. The van der Waals surface area contributed by atoms with Gasteiger partial charge in [0.25, 0.3) is 0 Å². The van der Waals surface area contributed by atoms with Crippen LogP contribution >= 0.6 is 0 Å². The summed E-state index contributed by atoms with van der Waals surface area (Å²) >= 11 is 0. The van der Waals surface area contributed by atoms with E-state index in [1.165, 1.54) is 6.92 Å². The average Bonchev–Trinajstić information content (AvgIpc) is 2.62. The maximum absolute atomic E-state index is 12.5. The molecule has 0 saturated heterocycles. The van der Waals surface area contributed by atoms with Gasteiger partial charge in [0.15, 0.2) is 11.9 Å². The minimum Gasteiger partial charge on any atom is -0.481 e. The fourth-order valence-electron chi connectivity index (χ4n) is 2.34. The number of hydrogen-bond acceptors (Lipinski definition) is 4. The standard InChI is InChI=1S/C20H20O5/c1-14(19(22)23)12-17(21)18(13-15-8-4-2-5-9-15)25-20(24)16-10-6-3-7-11-16/h2-11,14,18H,12-13H2,1H3,(H,22,23)/t14?,18-/m0/s1. The minimum atomic E-state index is -1.05. The highest BCUT2D eigenvalue weighted by Crippen LogP contribution is 2.14. The number of carboxylic acids is 1. The molecule has 130 valence electrons. The van der Waals surface area contributed by atoms with E-state index in [1.807, 2.05) is 30.3 Å². The lowest BCUT2D eigenvalue weighted by Gasteiger charge is -2.18. The first kappa shape index (κ1) is 18.4. The first-order valence-corrected chi connectivity index (χ1v) is 8.03. The quantitative estimate of drug-likeness (QED) is 0.747. The molecule has 0 amide bonds. The molecule has 2 rings (SSSR count). The van der Waals surface area contributed by atoms with Gasteiger partial charge in [-0.2, -0.15) is 0 Å². The van der Waals surface area contributed by atoms with Crippen molar-refractivity contribution in [3.8, 4) is 0 Å². The van der Waals surface area contributed by atoms with E-state index in [9.17, 15) is 14.4 Å². The van der Waals surface area contributed by atoms with E-state index >= 15 is 0 Å². The Hall–Kier alpha value is -2.95. The Morgan fingerprint density at radius 1 is 0.960 bits per heavy atom. The van der Waals surface area contributed by atoms with Crippen molar-refractivity contribution < 1.29 is 24.2 Å². The summed E-state index contributed by atoms with van der Waals surface area (Å²) in [4.78, 5) is 35.8. The summed E-state index contributed by atoms with van der Waals surface area (Å²) < 4.78 is 5.40. The number of carbonyl (C=O) groups excluding carboxylic acids is 2. The van der Waals surface area contributed by atoms with Gasteiger partial charge in [-0.15, -0.1) is 0 Å². The lowest BCUT2D eigenvalue weighted by molar-refractivity contribution is -0.144. The topological polar surface area (TPSA) is 80.7 Å². The zero-order valence-corrected chi connectivity index (χ0v) is 13.9. The smallest absolute Gasteiger partial charge is 0.338 e. The Bertz CT molecular complexity index is 724. The molecule has 0 bridgehead atoms. The van der Waals surface area contributed by atoms with Crippen molar-refractivity contribution in [2.24, 2.45) is 5.92 Å². The van der Waals surface area contributed by atoms with E-state index in [4.69, 9.17) is 9.84 Å². The summed E-state index contributed by atoms with van der Waals surface area (Å²) in [6.07, 6.45) is -0.989. The molecule has 0 saturated carbocycles. The number of benzene rings is 2. The van der Waals surface area contributed by atoms with Crippen LogP contribution in [0.2, 0.25) is 0 Å². The van der Waals surface area contributed by atoms with Gasteiger partial charge in [0.1, 0.15) is 0 Å². The fourth-order valence-corrected chi connectivity index (χ4v) is 2.34. The molecule has 5 heteroatoms. The molecule has 1 unspecified atom stereocenters. The van der Waals surface area contributed by atoms with Gasteiger partial charge < -0.3 is 9.84 Å². The Labute approximate surface area is 146 Å². The van der Waals surface area contributed by atoms with E-state index < -0.39 is 29.7 Å². The summed E-state index contributed by atoms with van der Waals surface area (Å²) in [5.41, 5.74) is 1.18. The van der Waals surface area contributed by atoms with Gasteiger partial charge >= 0.3 is 11.9 Å². The summed E-state index contributed by atoms with van der Waals surface area (Å²) in [5, 5.41) is 9.00. The molecule has 5 nitrogen and oxygen atoms in total. The molecule has 0 aliphatic heterocycles. The van der Waals surface area contributed by atoms with Gasteiger partial charge in [0.2, 0.25) is 0 Å². The second-order valence-electron chi connectivity index (χ2n) is 5.86. The molecule has 0 spiro atoms. The van der Waals surface area contributed by atoms with Crippen LogP contribution in [0.3, 0.4) is 0 Å². The number of aliphatic carboxylic acids is 1. The normalized spacial score (nSPS) is 12.8. The van der Waals surface area contributed by atoms with Gasteiger partial charge in [-0.3, -0.25) is 9.59 Å². The molecule has 2 atom stereocenters. The number of Topliss-reactive ketones (excluding diaryl/α,β-unsaturated/α-hetero) is 1. The molecule has 0 aliphatic rings. The highest BCUT2D eigenvalue weighted by atomic mass is 16.5. The summed E-state index contributed by atoms with van der Waals surface area (Å²) in [6.45, 7) is 1.46. The number of carboxylic acid groups (broad SMARTS) is 1. The maximum atomic E-state index is 12.5. The Morgan fingerprint density at radius 2 is 1.52 bits per heavy atom. The molecule has 2 aromatic rings. The first-order chi connectivity index (χ1) is 12.0.